The van der Waals surface area contributed by atoms with Gasteiger partial charge in [0.15, 0.2) is 0 Å². The van der Waals surface area contributed by atoms with Crippen LogP contribution in [0.2, 0.25) is 10.0 Å². The topological polar surface area (TPSA) is 63.3 Å². The Hall–Kier alpha value is -0.770. The van der Waals surface area contributed by atoms with E-state index in [0.717, 1.165) is 0 Å². The van der Waals surface area contributed by atoms with Crippen molar-refractivity contribution in [2.24, 2.45) is 5.73 Å². The average Bonchev–Trinajstić information content (AvgIpc) is 2.19. The van der Waals surface area contributed by atoms with E-state index in [2.05, 4.69) is 0 Å². The van der Waals surface area contributed by atoms with E-state index in [-0.39, 0.29) is 17.2 Å². The number of aliphatic hydroxyl groups excluding tert-OH is 1. The lowest BCUT2D eigenvalue weighted by atomic mass is 10.0. The fourth-order valence-corrected chi connectivity index (χ4v) is 1.68. The van der Waals surface area contributed by atoms with Crippen molar-refractivity contribution in [2.45, 2.75) is 6.42 Å². The van der Waals surface area contributed by atoms with E-state index in [1.165, 1.54) is 0 Å². The van der Waals surface area contributed by atoms with Gasteiger partial charge < -0.3 is 10.8 Å². The van der Waals surface area contributed by atoms with Gasteiger partial charge in [0.1, 0.15) is 0 Å². The van der Waals surface area contributed by atoms with Crippen LogP contribution >= 0.6 is 23.2 Å². The molecule has 3 N–H and O–H groups in total. The number of benzene rings is 1. The summed E-state index contributed by atoms with van der Waals surface area (Å²) in [7, 11) is 0. The van der Waals surface area contributed by atoms with E-state index in [1.54, 1.807) is 18.6 Å². The minimum atomic E-state index is -0.621. The van der Waals surface area contributed by atoms with Gasteiger partial charge in [-0.1, -0.05) is 29.3 Å². The predicted octanol–water partition coefficient (Wildman–Crippen LogP) is 1.83. The predicted molar refractivity (Wildman–Crippen MR) is 60.1 cm³/mol. The summed E-state index contributed by atoms with van der Waals surface area (Å²) in [5.41, 5.74) is 6.07. The SMILES string of the molecule is NC(=O)c1c(C[CH]CO)ccc(Cl)c1Cl. The monoisotopic (exact) mass is 246 g/mol. The summed E-state index contributed by atoms with van der Waals surface area (Å²) in [4.78, 5) is 11.2. The Kier molecular flexibility index (Phi) is 4.39. The van der Waals surface area contributed by atoms with Gasteiger partial charge in [0.05, 0.1) is 15.6 Å². The standard InChI is InChI=1S/C10H10Cl2NO2/c11-7-4-3-6(2-1-5-14)8(9(7)12)10(13)15/h1,3-4,14H,2,5H2,(H2,13,15). The summed E-state index contributed by atoms with van der Waals surface area (Å²) in [5.74, 6) is -0.621. The van der Waals surface area contributed by atoms with Crippen molar-refractivity contribution in [3.63, 3.8) is 0 Å². The number of carbonyl (C=O) groups excluding carboxylic acids is 1. The van der Waals surface area contributed by atoms with Gasteiger partial charge in [0.25, 0.3) is 5.91 Å². The van der Waals surface area contributed by atoms with Gasteiger partial charge in [-0.3, -0.25) is 4.79 Å². The zero-order valence-corrected chi connectivity index (χ0v) is 9.35. The maximum absolute atomic E-state index is 11.2. The van der Waals surface area contributed by atoms with Crippen LogP contribution in [0, 0.1) is 6.42 Å². The molecule has 1 amide bonds. The van der Waals surface area contributed by atoms with Crippen molar-refractivity contribution in [1.29, 1.82) is 0 Å². The van der Waals surface area contributed by atoms with Crippen molar-refractivity contribution in [3.8, 4) is 0 Å². The summed E-state index contributed by atoms with van der Waals surface area (Å²) in [6.45, 7) is -0.0710. The molecule has 0 aromatic heterocycles. The molecule has 0 saturated carbocycles. The second-order valence-corrected chi connectivity index (χ2v) is 3.72. The lowest BCUT2D eigenvalue weighted by molar-refractivity contribution is 0.0999. The number of nitrogens with two attached hydrogens (primary N) is 1. The van der Waals surface area contributed by atoms with Crippen molar-refractivity contribution in [2.75, 3.05) is 6.61 Å². The van der Waals surface area contributed by atoms with Crippen molar-refractivity contribution >= 4 is 29.1 Å². The summed E-state index contributed by atoms with van der Waals surface area (Å²) in [5, 5.41) is 9.10. The first-order valence-electron chi connectivity index (χ1n) is 4.27. The molecular formula is C10H10Cl2NO2. The highest BCUT2D eigenvalue weighted by molar-refractivity contribution is 6.44. The molecule has 81 valence electrons. The second-order valence-electron chi connectivity index (χ2n) is 2.94. The third-order valence-corrected chi connectivity index (χ3v) is 2.73. The molecule has 5 heteroatoms. The summed E-state index contributed by atoms with van der Waals surface area (Å²) >= 11 is 11.6. The van der Waals surface area contributed by atoms with Crippen LogP contribution in [0.5, 0.6) is 0 Å². The summed E-state index contributed by atoms with van der Waals surface area (Å²) in [6, 6.07) is 3.26. The van der Waals surface area contributed by atoms with E-state index >= 15 is 0 Å². The normalized spacial score (nSPS) is 10.3. The minimum absolute atomic E-state index is 0.0710. The third kappa shape index (κ3) is 2.84. The van der Waals surface area contributed by atoms with Crippen LogP contribution in [0.3, 0.4) is 0 Å². The van der Waals surface area contributed by atoms with Crippen LogP contribution in [0.4, 0.5) is 0 Å². The van der Waals surface area contributed by atoms with Gasteiger partial charge >= 0.3 is 0 Å². The Morgan fingerprint density at radius 2 is 2.13 bits per heavy atom. The summed E-state index contributed by atoms with van der Waals surface area (Å²) in [6.07, 6.45) is 2.03. The molecule has 0 aliphatic rings. The molecule has 0 aliphatic carbocycles. The third-order valence-electron chi connectivity index (χ3n) is 1.92. The molecule has 0 bridgehead atoms. The van der Waals surface area contributed by atoms with Crippen molar-refractivity contribution in [1.82, 2.24) is 0 Å². The first-order chi connectivity index (χ1) is 7.07. The Morgan fingerprint density at radius 1 is 1.47 bits per heavy atom. The molecule has 1 aromatic rings. The molecule has 0 fully saturated rings. The number of hydrogen-bond acceptors (Lipinski definition) is 2. The van der Waals surface area contributed by atoms with Gasteiger partial charge in [-0.15, -0.1) is 0 Å². The van der Waals surface area contributed by atoms with Gasteiger partial charge in [-0.2, -0.15) is 0 Å². The Labute approximate surface area is 97.8 Å². The molecule has 0 heterocycles. The van der Waals surface area contributed by atoms with Crippen molar-refractivity contribution < 1.29 is 9.90 Å². The second kappa shape index (κ2) is 5.35. The first-order valence-corrected chi connectivity index (χ1v) is 5.02. The zero-order chi connectivity index (χ0) is 11.4. The number of hydrogen-bond donors (Lipinski definition) is 2. The molecule has 3 nitrogen and oxygen atoms in total. The average molecular weight is 247 g/mol. The van der Waals surface area contributed by atoms with Gasteiger partial charge in [-0.25, -0.2) is 0 Å². The van der Waals surface area contributed by atoms with Gasteiger partial charge in [-0.05, 0) is 24.5 Å². The largest absolute Gasteiger partial charge is 0.396 e. The van der Waals surface area contributed by atoms with E-state index in [9.17, 15) is 4.79 Å². The molecule has 15 heavy (non-hydrogen) atoms. The molecule has 1 rings (SSSR count). The van der Waals surface area contributed by atoms with Gasteiger partial charge in [0.2, 0.25) is 0 Å². The highest BCUT2D eigenvalue weighted by atomic mass is 35.5. The maximum atomic E-state index is 11.2. The lowest BCUT2D eigenvalue weighted by Crippen LogP contribution is -2.15. The fraction of sp³-hybridized carbons (Fsp3) is 0.200. The smallest absolute Gasteiger partial charge is 0.250 e. The fourth-order valence-electron chi connectivity index (χ4n) is 1.25. The Balaban J connectivity index is 3.15. The molecule has 1 radical (unpaired) electrons. The molecule has 0 unspecified atom stereocenters. The molecule has 1 aromatic carbocycles. The maximum Gasteiger partial charge on any atom is 0.250 e. The van der Waals surface area contributed by atoms with Gasteiger partial charge in [0, 0.05) is 6.61 Å². The number of primary amides is 1. The molecule has 0 spiro atoms. The van der Waals surface area contributed by atoms with Crippen LogP contribution in [0.1, 0.15) is 15.9 Å². The van der Waals surface area contributed by atoms with E-state index in [1.807, 2.05) is 0 Å². The number of aliphatic hydroxyl groups is 1. The Bertz CT molecular complexity index is 380. The van der Waals surface area contributed by atoms with Crippen LogP contribution in [0.15, 0.2) is 12.1 Å². The highest BCUT2D eigenvalue weighted by Crippen LogP contribution is 2.28. The number of rotatable bonds is 4. The van der Waals surface area contributed by atoms with Crippen LogP contribution < -0.4 is 5.73 Å². The summed E-state index contributed by atoms with van der Waals surface area (Å²) < 4.78 is 0. The molecule has 0 atom stereocenters. The Morgan fingerprint density at radius 3 is 2.67 bits per heavy atom. The van der Waals surface area contributed by atoms with Crippen LogP contribution in [0.25, 0.3) is 0 Å². The van der Waals surface area contributed by atoms with Crippen molar-refractivity contribution in [3.05, 3.63) is 39.7 Å². The lowest BCUT2D eigenvalue weighted by Gasteiger charge is -2.08. The van der Waals surface area contributed by atoms with E-state index in [0.29, 0.717) is 17.0 Å². The molecule has 0 saturated heterocycles. The quantitative estimate of drug-likeness (QED) is 0.852. The number of amides is 1. The minimum Gasteiger partial charge on any atom is -0.396 e. The highest BCUT2D eigenvalue weighted by Gasteiger charge is 2.15. The van der Waals surface area contributed by atoms with E-state index in [4.69, 9.17) is 34.0 Å². The zero-order valence-electron chi connectivity index (χ0n) is 7.84. The van der Waals surface area contributed by atoms with E-state index < -0.39 is 5.91 Å². The molecular weight excluding hydrogens is 237 g/mol. The molecule has 0 aliphatic heterocycles. The van der Waals surface area contributed by atoms with Crippen LogP contribution in [-0.4, -0.2) is 17.6 Å². The number of carbonyl (C=O) groups is 1. The first kappa shape index (κ1) is 12.3. The number of halogens is 2. The van der Waals surface area contributed by atoms with Crippen LogP contribution in [-0.2, 0) is 6.42 Å².